The number of guanidine groups is 1. The zero-order valence-corrected chi connectivity index (χ0v) is 17.2. The Bertz CT molecular complexity index is 624. The molecule has 6 heteroatoms. The van der Waals surface area contributed by atoms with Crippen LogP contribution in [0.4, 0.5) is 0 Å². The molecule has 0 spiro atoms. The van der Waals surface area contributed by atoms with Crippen molar-refractivity contribution in [1.29, 1.82) is 0 Å². The second-order valence-corrected chi connectivity index (χ2v) is 8.51. The van der Waals surface area contributed by atoms with Crippen LogP contribution in [0.1, 0.15) is 63.3 Å². The highest BCUT2D eigenvalue weighted by molar-refractivity contribution is 5.80. The second kappa shape index (κ2) is 7.99. The van der Waals surface area contributed by atoms with Gasteiger partial charge < -0.3 is 15.5 Å². The molecular formula is C20H36N6. The fourth-order valence-corrected chi connectivity index (χ4v) is 4.35. The molecule has 0 aliphatic heterocycles. The van der Waals surface area contributed by atoms with E-state index in [1.165, 1.54) is 36.9 Å². The third-order valence-electron chi connectivity index (χ3n) is 6.26. The van der Waals surface area contributed by atoms with E-state index in [4.69, 9.17) is 5.10 Å². The van der Waals surface area contributed by atoms with E-state index >= 15 is 0 Å². The van der Waals surface area contributed by atoms with Crippen LogP contribution in [0, 0.1) is 0 Å². The van der Waals surface area contributed by atoms with Gasteiger partial charge in [-0.2, -0.15) is 5.10 Å². The summed E-state index contributed by atoms with van der Waals surface area (Å²) in [5.74, 6) is 0.926. The average molecular weight is 361 g/mol. The highest BCUT2D eigenvalue weighted by Crippen LogP contribution is 2.33. The number of aromatic nitrogens is 2. The third kappa shape index (κ3) is 4.05. The minimum atomic E-state index is 0.271. The van der Waals surface area contributed by atoms with Gasteiger partial charge in [-0.1, -0.05) is 12.8 Å². The molecule has 0 amide bonds. The first-order chi connectivity index (χ1) is 12.4. The molecule has 1 saturated carbocycles. The van der Waals surface area contributed by atoms with Crippen LogP contribution in [-0.2, 0) is 12.8 Å². The quantitative estimate of drug-likeness (QED) is 0.625. The Morgan fingerprint density at radius 2 is 2.12 bits per heavy atom. The van der Waals surface area contributed by atoms with Gasteiger partial charge in [0.1, 0.15) is 0 Å². The van der Waals surface area contributed by atoms with Crippen molar-refractivity contribution in [3.8, 4) is 0 Å². The number of hydrogen-bond acceptors (Lipinski definition) is 3. The van der Waals surface area contributed by atoms with E-state index in [1.807, 2.05) is 7.05 Å². The largest absolute Gasteiger partial charge is 0.355 e. The van der Waals surface area contributed by atoms with Crippen molar-refractivity contribution >= 4 is 5.96 Å². The number of hydrogen-bond donors (Lipinski definition) is 2. The molecule has 2 aliphatic rings. The Morgan fingerprint density at radius 3 is 2.73 bits per heavy atom. The van der Waals surface area contributed by atoms with Gasteiger partial charge in [0.25, 0.3) is 0 Å². The van der Waals surface area contributed by atoms with Crippen molar-refractivity contribution in [2.75, 3.05) is 27.7 Å². The van der Waals surface area contributed by atoms with Crippen LogP contribution in [0.5, 0.6) is 0 Å². The van der Waals surface area contributed by atoms with E-state index in [-0.39, 0.29) is 5.54 Å². The van der Waals surface area contributed by atoms with Gasteiger partial charge in [-0.05, 0) is 59.2 Å². The maximum atomic E-state index is 4.79. The molecule has 0 radical (unpaired) electrons. The lowest BCUT2D eigenvalue weighted by atomic mass is 9.94. The van der Waals surface area contributed by atoms with Crippen LogP contribution in [0.2, 0.25) is 0 Å². The highest BCUT2D eigenvalue weighted by Gasteiger charge is 2.36. The van der Waals surface area contributed by atoms with Crippen LogP contribution < -0.4 is 10.6 Å². The van der Waals surface area contributed by atoms with Gasteiger partial charge in [0.15, 0.2) is 5.96 Å². The Kier molecular flexibility index (Phi) is 5.90. The lowest BCUT2D eigenvalue weighted by Crippen LogP contribution is -2.54. The predicted molar refractivity (Wildman–Crippen MR) is 108 cm³/mol. The summed E-state index contributed by atoms with van der Waals surface area (Å²) in [4.78, 5) is 6.87. The van der Waals surface area contributed by atoms with E-state index in [2.05, 4.69) is 59.3 Å². The highest BCUT2D eigenvalue weighted by atomic mass is 15.3. The third-order valence-corrected chi connectivity index (χ3v) is 6.26. The second-order valence-electron chi connectivity index (χ2n) is 8.51. The molecule has 6 nitrogen and oxygen atoms in total. The Hall–Kier alpha value is -1.56. The summed E-state index contributed by atoms with van der Waals surface area (Å²) in [7, 11) is 6.28. The van der Waals surface area contributed by atoms with Crippen molar-refractivity contribution in [2.45, 2.75) is 76.4 Å². The zero-order chi connectivity index (χ0) is 18.7. The van der Waals surface area contributed by atoms with Crippen molar-refractivity contribution < 1.29 is 0 Å². The Balaban J connectivity index is 1.57. The molecule has 3 rings (SSSR count). The smallest absolute Gasteiger partial charge is 0.191 e. The summed E-state index contributed by atoms with van der Waals surface area (Å²) in [6, 6.07) is 0.832. The minimum Gasteiger partial charge on any atom is -0.355 e. The van der Waals surface area contributed by atoms with Crippen LogP contribution >= 0.6 is 0 Å². The molecule has 26 heavy (non-hydrogen) atoms. The number of likely N-dealkylation sites (N-methyl/N-ethyl adjacent to an activating group) is 1. The number of fused-ring (bicyclic) bond motifs is 1. The van der Waals surface area contributed by atoms with Crippen LogP contribution in [0.15, 0.2) is 11.2 Å². The fraction of sp³-hybridized carbons (Fsp3) is 0.800. The molecule has 2 N–H and O–H groups in total. The summed E-state index contributed by atoms with van der Waals surface area (Å²) in [6.07, 6.45) is 10.6. The van der Waals surface area contributed by atoms with Gasteiger partial charge in [-0.25, -0.2) is 0 Å². The first kappa shape index (κ1) is 19.2. The van der Waals surface area contributed by atoms with E-state index in [0.717, 1.165) is 31.8 Å². The maximum Gasteiger partial charge on any atom is 0.191 e. The standard InChI is InChI=1S/C20H36N6/c1-15(2)26-13-16-8-9-17(12-18(16)24-26)23-19(21-3)22-14-20(25(4)5)10-6-7-11-20/h13,15,17H,6-12,14H2,1-5H3,(H2,21,22,23). The molecular weight excluding hydrogens is 324 g/mol. The molecule has 2 aliphatic carbocycles. The maximum absolute atomic E-state index is 4.79. The lowest BCUT2D eigenvalue weighted by Gasteiger charge is -2.37. The van der Waals surface area contributed by atoms with Crippen molar-refractivity contribution in [3.05, 3.63) is 17.5 Å². The van der Waals surface area contributed by atoms with E-state index in [9.17, 15) is 0 Å². The van der Waals surface area contributed by atoms with E-state index < -0.39 is 0 Å². The average Bonchev–Trinajstić information content (AvgIpc) is 3.25. The number of rotatable bonds is 5. The van der Waals surface area contributed by atoms with Crippen molar-refractivity contribution in [3.63, 3.8) is 0 Å². The SMILES string of the molecule is CN=C(NCC1(N(C)C)CCCC1)NC1CCc2cn(C(C)C)nc2C1. The number of aliphatic imine (C=N–C) groups is 1. The summed E-state index contributed by atoms with van der Waals surface area (Å²) < 4.78 is 2.10. The molecule has 1 aromatic rings. The summed E-state index contributed by atoms with van der Waals surface area (Å²) in [5, 5.41) is 12.0. The normalized spacial score (nSPS) is 22.7. The van der Waals surface area contributed by atoms with Gasteiger partial charge in [0.05, 0.1) is 5.69 Å². The molecule has 1 unspecified atom stereocenters. The van der Waals surface area contributed by atoms with Crippen molar-refractivity contribution in [1.82, 2.24) is 25.3 Å². The van der Waals surface area contributed by atoms with Crippen molar-refractivity contribution in [2.24, 2.45) is 4.99 Å². The van der Waals surface area contributed by atoms with Crippen LogP contribution in [-0.4, -0.2) is 59.9 Å². The number of aryl methyl sites for hydroxylation is 1. The molecule has 1 heterocycles. The van der Waals surface area contributed by atoms with Gasteiger partial charge in [0.2, 0.25) is 0 Å². The first-order valence-electron chi connectivity index (χ1n) is 10.1. The molecule has 0 saturated heterocycles. The fourth-order valence-electron chi connectivity index (χ4n) is 4.35. The van der Waals surface area contributed by atoms with Crippen LogP contribution in [0.25, 0.3) is 0 Å². The first-order valence-corrected chi connectivity index (χ1v) is 10.1. The molecule has 1 fully saturated rings. The topological polar surface area (TPSA) is 57.5 Å². The Morgan fingerprint density at radius 1 is 1.38 bits per heavy atom. The van der Waals surface area contributed by atoms with E-state index in [0.29, 0.717) is 12.1 Å². The lowest BCUT2D eigenvalue weighted by molar-refractivity contribution is 0.160. The monoisotopic (exact) mass is 360 g/mol. The molecule has 146 valence electrons. The van der Waals surface area contributed by atoms with Gasteiger partial charge in [-0.15, -0.1) is 0 Å². The van der Waals surface area contributed by atoms with E-state index in [1.54, 1.807) is 0 Å². The predicted octanol–water partition coefficient (Wildman–Crippen LogP) is 2.36. The molecule has 1 atom stereocenters. The summed E-state index contributed by atoms with van der Waals surface area (Å²) in [5.41, 5.74) is 2.93. The molecule has 0 bridgehead atoms. The zero-order valence-electron chi connectivity index (χ0n) is 17.2. The summed E-state index contributed by atoms with van der Waals surface area (Å²) in [6.45, 7) is 5.33. The number of nitrogens with one attached hydrogen (secondary N) is 2. The number of nitrogens with zero attached hydrogens (tertiary/aromatic N) is 4. The Labute approximate surface area is 158 Å². The minimum absolute atomic E-state index is 0.271. The molecule has 0 aromatic carbocycles. The van der Waals surface area contributed by atoms with Gasteiger partial charge in [-0.3, -0.25) is 9.67 Å². The molecule has 1 aromatic heterocycles. The van der Waals surface area contributed by atoms with Gasteiger partial charge >= 0.3 is 0 Å². The van der Waals surface area contributed by atoms with Gasteiger partial charge in [0, 0.05) is 43.8 Å². The van der Waals surface area contributed by atoms with Crippen LogP contribution in [0.3, 0.4) is 0 Å². The summed E-state index contributed by atoms with van der Waals surface area (Å²) >= 11 is 0.